The summed E-state index contributed by atoms with van der Waals surface area (Å²) in [5.41, 5.74) is 3.23. The van der Waals surface area contributed by atoms with Gasteiger partial charge in [0.25, 0.3) is 0 Å². The van der Waals surface area contributed by atoms with E-state index in [9.17, 15) is 56.2 Å². The molecule has 11 rings (SSSR count). The van der Waals surface area contributed by atoms with Crippen molar-refractivity contribution in [3.63, 3.8) is 0 Å². The number of hydrogen-bond acceptors (Lipinski definition) is 15. The Morgan fingerprint density at radius 1 is 0.413 bits per heavy atom. The van der Waals surface area contributed by atoms with E-state index >= 15 is 4.79 Å². The lowest BCUT2D eigenvalue weighted by Gasteiger charge is -2.40. The molecular formula is C60H50O15. The van der Waals surface area contributed by atoms with Gasteiger partial charge in [0.1, 0.15) is 75.1 Å². The first-order valence-corrected chi connectivity index (χ1v) is 24.2. The zero-order chi connectivity index (χ0) is 52.4. The molecule has 8 aromatic rings. The van der Waals surface area contributed by atoms with Gasteiger partial charge in [0, 0.05) is 70.2 Å². The van der Waals surface area contributed by atoms with Gasteiger partial charge in [-0.3, -0.25) is 4.79 Å². The number of aromatic hydroxyl groups is 11. The van der Waals surface area contributed by atoms with E-state index in [1.165, 1.54) is 91.0 Å². The second kappa shape index (κ2) is 19.1. The third-order valence-corrected chi connectivity index (χ3v) is 15.0. The molecule has 2 saturated heterocycles. The van der Waals surface area contributed by atoms with Gasteiger partial charge in [0.15, 0.2) is 5.78 Å². The molecule has 0 aromatic heterocycles. The predicted molar refractivity (Wildman–Crippen MR) is 270 cm³/mol. The molecule has 0 saturated carbocycles. The van der Waals surface area contributed by atoms with Crippen LogP contribution in [0.3, 0.4) is 0 Å². The van der Waals surface area contributed by atoms with Crippen molar-refractivity contribution in [2.45, 2.75) is 42.9 Å². The van der Waals surface area contributed by atoms with Gasteiger partial charge in [-0.25, -0.2) is 0 Å². The molecule has 75 heavy (non-hydrogen) atoms. The van der Waals surface area contributed by atoms with Gasteiger partial charge in [-0.1, -0.05) is 54.6 Å². The summed E-state index contributed by atoms with van der Waals surface area (Å²) in [5.74, 6) is -7.39. The summed E-state index contributed by atoms with van der Waals surface area (Å²) in [6, 6.07) is 40.4. The minimum absolute atomic E-state index is 0.00640. The van der Waals surface area contributed by atoms with Gasteiger partial charge in [0.2, 0.25) is 0 Å². The van der Waals surface area contributed by atoms with Crippen molar-refractivity contribution in [3.8, 4) is 69.0 Å². The fourth-order valence-corrected chi connectivity index (χ4v) is 11.6. The monoisotopic (exact) mass is 1010 g/mol. The SMILES string of the molecule is O=C(c1ccc(O)cc1O)C1C(c2ccc(O)cc2)OC(c2cc(C(c3ccc(O)cc3O)C3C(c4ccc(O)cc4)OC4c5ccc(O)cc5OC(c5ccc(O)cc5)C43)c(O)cc2O)C1Cc1ccc(O)cc1. The van der Waals surface area contributed by atoms with Gasteiger partial charge in [-0.2, -0.15) is 0 Å². The highest BCUT2D eigenvalue weighted by Gasteiger charge is 2.58. The van der Waals surface area contributed by atoms with Crippen LogP contribution in [0, 0.1) is 23.7 Å². The van der Waals surface area contributed by atoms with E-state index in [0.717, 1.165) is 12.1 Å². The molecule has 10 atom stereocenters. The van der Waals surface area contributed by atoms with Crippen LogP contribution < -0.4 is 4.74 Å². The summed E-state index contributed by atoms with van der Waals surface area (Å²) in [6.07, 6.45) is -4.82. The number of rotatable bonds is 11. The van der Waals surface area contributed by atoms with Crippen LogP contribution in [0.1, 0.15) is 91.3 Å². The Bertz CT molecular complexity index is 3430. The maximum Gasteiger partial charge on any atom is 0.173 e. The van der Waals surface area contributed by atoms with Gasteiger partial charge < -0.3 is 70.4 Å². The fraction of sp³-hybridized carbons (Fsp3) is 0.183. The molecule has 11 N–H and O–H groups in total. The first kappa shape index (κ1) is 48.2. The Hall–Kier alpha value is -9.05. The number of benzene rings is 8. The lowest BCUT2D eigenvalue weighted by Crippen LogP contribution is -2.34. The smallest absolute Gasteiger partial charge is 0.173 e. The minimum atomic E-state index is -1.19. The molecule has 0 amide bonds. The number of carbonyl (C=O) groups excluding carboxylic acids is 1. The van der Waals surface area contributed by atoms with Crippen molar-refractivity contribution in [2.75, 3.05) is 0 Å². The van der Waals surface area contributed by atoms with Gasteiger partial charge >= 0.3 is 0 Å². The molecule has 0 aliphatic carbocycles. The summed E-state index contributed by atoms with van der Waals surface area (Å²) in [6.45, 7) is 0. The van der Waals surface area contributed by atoms with E-state index in [0.29, 0.717) is 33.6 Å². The van der Waals surface area contributed by atoms with Crippen molar-refractivity contribution in [2.24, 2.45) is 23.7 Å². The average Bonchev–Trinajstić information content (AvgIpc) is 3.98. The molecule has 3 aliphatic heterocycles. The van der Waals surface area contributed by atoms with Crippen LogP contribution in [0.2, 0.25) is 0 Å². The lowest BCUT2D eigenvalue weighted by atomic mass is 9.66. The number of hydrogen-bond donors (Lipinski definition) is 11. The van der Waals surface area contributed by atoms with Crippen LogP contribution in [-0.4, -0.2) is 62.0 Å². The first-order valence-electron chi connectivity index (χ1n) is 24.2. The highest BCUT2D eigenvalue weighted by molar-refractivity contribution is 6.01. The van der Waals surface area contributed by atoms with E-state index in [2.05, 4.69) is 0 Å². The Balaban J connectivity index is 1.14. The van der Waals surface area contributed by atoms with Gasteiger partial charge in [-0.05, 0) is 114 Å². The summed E-state index contributed by atoms with van der Waals surface area (Å²) >= 11 is 0. The summed E-state index contributed by atoms with van der Waals surface area (Å²) in [5, 5.41) is 121. The van der Waals surface area contributed by atoms with Crippen LogP contribution >= 0.6 is 0 Å². The molecule has 3 heterocycles. The van der Waals surface area contributed by atoms with Gasteiger partial charge in [-0.15, -0.1) is 0 Å². The molecule has 0 spiro atoms. The van der Waals surface area contributed by atoms with Crippen LogP contribution in [0.15, 0.2) is 164 Å². The van der Waals surface area contributed by atoms with Crippen LogP contribution in [0.5, 0.6) is 69.0 Å². The number of fused-ring (bicyclic) bond motifs is 3. The standard InChI is InChI=1S/C60H50O15/c61-33-9-1-29(2-10-33)23-45-52(55(72)41-21-18-38(66)25-47(41)69)56(30-3-11-34(62)12-4-30)74-59(45)44-27-43(48(70)28-49(44)71)51(40-20-17-37(65)24-46(40)68)53-54-58(32-7-15-36(64)16-8-32)73-50-26-39(67)19-22-42(50)60(54)75-57(53)31-5-13-35(63)14-6-31/h1-22,24-28,45,51-54,56-71H,23H2. The van der Waals surface area contributed by atoms with Crippen molar-refractivity contribution in [3.05, 3.63) is 214 Å². The van der Waals surface area contributed by atoms with E-state index in [1.807, 2.05) is 0 Å². The summed E-state index contributed by atoms with van der Waals surface area (Å²) in [7, 11) is 0. The molecule has 8 aromatic carbocycles. The number of phenolic OH excluding ortho intramolecular Hbond substituents is 11. The van der Waals surface area contributed by atoms with E-state index < -0.39 is 83.1 Å². The highest BCUT2D eigenvalue weighted by atomic mass is 16.5. The van der Waals surface area contributed by atoms with Crippen molar-refractivity contribution in [1.29, 1.82) is 0 Å². The summed E-state index contributed by atoms with van der Waals surface area (Å²) in [4.78, 5) is 15.2. The van der Waals surface area contributed by atoms with Crippen molar-refractivity contribution in [1.82, 2.24) is 0 Å². The molecule has 380 valence electrons. The van der Waals surface area contributed by atoms with Crippen molar-refractivity contribution < 1.29 is 75.2 Å². The number of carbonyl (C=O) groups is 1. The van der Waals surface area contributed by atoms with E-state index in [-0.39, 0.29) is 74.7 Å². The molecule has 15 nitrogen and oxygen atoms in total. The number of ketones is 1. The fourth-order valence-electron chi connectivity index (χ4n) is 11.6. The molecule has 0 bridgehead atoms. The number of Topliss-reactive ketones (excluding diaryl/α,β-unsaturated/α-hetero) is 1. The second-order valence-electron chi connectivity index (χ2n) is 19.5. The van der Waals surface area contributed by atoms with E-state index in [4.69, 9.17) is 14.2 Å². The lowest BCUT2D eigenvalue weighted by molar-refractivity contribution is -0.00737. The third kappa shape index (κ3) is 8.91. The first-order chi connectivity index (χ1) is 36.1. The van der Waals surface area contributed by atoms with E-state index in [1.54, 1.807) is 60.7 Å². The van der Waals surface area contributed by atoms with Crippen LogP contribution in [-0.2, 0) is 15.9 Å². The van der Waals surface area contributed by atoms with Crippen LogP contribution in [0.25, 0.3) is 0 Å². The number of ether oxygens (including phenoxy) is 3. The Morgan fingerprint density at radius 2 is 0.907 bits per heavy atom. The van der Waals surface area contributed by atoms with Gasteiger partial charge in [0.05, 0.1) is 35.9 Å². The quantitative estimate of drug-likeness (QED) is 0.0538. The molecule has 10 unspecified atom stereocenters. The zero-order valence-corrected chi connectivity index (χ0v) is 39.6. The topological polar surface area (TPSA) is 267 Å². The Kier molecular flexibility index (Phi) is 12.3. The van der Waals surface area contributed by atoms with Crippen LogP contribution in [0.4, 0.5) is 0 Å². The predicted octanol–water partition coefficient (Wildman–Crippen LogP) is 10.6. The molecule has 15 heteroatoms. The maximum absolute atomic E-state index is 15.2. The molecule has 2 fully saturated rings. The Morgan fingerprint density at radius 3 is 1.51 bits per heavy atom. The summed E-state index contributed by atoms with van der Waals surface area (Å²) < 4.78 is 21.1. The molecular weight excluding hydrogens is 961 g/mol. The molecule has 0 radical (unpaired) electrons. The number of phenols is 11. The maximum atomic E-state index is 15.2. The second-order valence-corrected chi connectivity index (χ2v) is 19.5. The minimum Gasteiger partial charge on any atom is -0.508 e. The highest BCUT2D eigenvalue weighted by Crippen LogP contribution is 2.65. The zero-order valence-electron chi connectivity index (χ0n) is 39.6. The Labute approximate surface area is 428 Å². The molecule has 3 aliphatic rings. The normalized spacial score (nSPS) is 23.2. The van der Waals surface area contributed by atoms with Crippen molar-refractivity contribution >= 4 is 5.78 Å². The average molecular weight is 1010 g/mol. The largest absolute Gasteiger partial charge is 0.508 e. The third-order valence-electron chi connectivity index (χ3n) is 15.0.